The second-order valence-corrected chi connectivity index (χ2v) is 6.73. The van der Waals surface area contributed by atoms with Gasteiger partial charge in [-0.25, -0.2) is 12.8 Å². The van der Waals surface area contributed by atoms with Crippen molar-refractivity contribution in [2.24, 2.45) is 0 Å². The Kier molecular flexibility index (Phi) is 3.22. The number of nitrogens with zero attached hydrogens (tertiary/aromatic N) is 1. The molecule has 2 aromatic rings. The van der Waals surface area contributed by atoms with Crippen LogP contribution in [0, 0.1) is 5.82 Å². The first kappa shape index (κ1) is 13.1. The summed E-state index contributed by atoms with van der Waals surface area (Å²) >= 11 is 0. The zero-order valence-corrected chi connectivity index (χ0v) is 11.6. The molecule has 0 amide bonds. The van der Waals surface area contributed by atoms with E-state index >= 15 is 0 Å². The third kappa shape index (κ3) is 2.41. The molecule has 0 atom stereocenters. The van der Waals surface area contributed by atoms with Gasteiger partial charge in [0.1, 0.15) is 5.82 Å². The van der Waals surface area contributed by atoms with Crippen LogP contribution in [0.3, 0.4) is 0 Å². The molecule has 1 aliphatic rings. The molecule has 0 aliphatic carbocycles. The van der Waals surface area contributed by atoms with E-state index in [0.29, 0.717) is 12.1 Å². The van der Waals surface area contributed by atoms with E-state index in [1.807, 2.05) is 24.3 Å². The standard InChI is InChI=1S/C15H14FNO2S/c16-14-7-5-12(6-8-14)11-20(18,19)17-10-9-13-3-1-2-4-15(13)17/h1-8H,9-11H2. The molecular weight excluding hydrogens is 277 g/mol. The maximum Gasteiger partial charge on any atom is 0.239 e. The summed E-state index contributed by atoms with van der Waals surface area (Å²) in [6.07, 6.45) is 0.735. The molecule has 0 radical (unpaired) electrons. The molecule has 3 nitrogen and oxygen atoms in total. The highest BCUT2D eigenvalue weighted by atomic mass is 32.2. The molecule has 0 aromatic heterocycles. The van der Waals surface area contributed by atoms with E-state index in [1.165, 1.54) is 28.6 Å². The first-order chi connectivity index (χ1) is 9.56. The van der Waals surface area contributed by atoms with Gasteiger partial charge in [-0.15, -0.1) is 0 Å². The molecule has 104 valence electrons. The van der Waals surface area contributed by atoms with Gasteiger partial charge < -0.3 is 0 Å². The van der Waals surface area contributed by atoms with E-state index in [9.17, 15) is 12.8 Å². The second-order valence-electron chi connectivity index (χ2n) is 4.83. The van der Waals surface area contributed by atoms with Crippen molar-refractivity contribution in [2.75, 3.05) is 10.8 Å². The molecule has 5 heteroatoms. The zero-order chi connectivity index (χ0) is 14.2. The molecule has 20 heavy (non-hydrogen) atoms. The van der Waals surface area contributed by atoms with Gasteiger partial charge in [0.15, 0.2) is 0 Å². The van der Waals surface area contributed by atoms with Crippen molar-refractivity contribution in [2.45, 2.75) is 12.2 Å². The lowest BCUT2D eigenvalue weighted by molar-refractivity contribution is 0.591. The smallest absolute Gasteiger partial charge is 0.239 e. The van der Waals surface area contributed by atoms with Crippen molar-refractivity contribution < 1.29 is 12.8 Å². The van der Waals surface area contributed by atoms with Crippen LogP contribution in [0.25, 0.3) is 0 Å². The Labute approximate surface area is 117 Å². The van der Waals surface area contributed by atoms with Gasteiger partial charge in [-0.05, 0) is 35.7 Å². The highest BCUT2D eigenvalue weighted by Gasteiger charge is 2.28. The van der Waals surface area contributed by atoms with Crippen molar-refractivity contribution in [3.8, 4) is 0 Å². The quantitative estimate of drug-likeness (QED) is 0.872. The summed E-state index contributed by atoms with van der Waals surface area (Å²) in [6, 6.07) is 13.1. The van der Waals surface area contributed by atoms with Crippen molar-refractivity contribution >= 4 is 15.7 Å². The normalized spacial score (nSPS) is 14.3. The fourth-order valence-electron chi connectivity index (χ4n) is 2.47. The van der Waals surface area contributed by atoms with Crippen molar-refractivity contribution in [3.63, 3.8) is 0 Å². The summed E-state index contributed by atoms with van der Waals surface area (Å²) in [7, 11) is -3.43. The Morgan fingerprint density at radius 2 is 1.75 bits per heavy atom. The maximum atomic E-state index is 12.9. The summed E-state index contributed by atoms with van der Waals surface area (Å²) in [5.74, 6) is -0.473. The Bertz CT molecular complexity index is 726. The molecule has 0 saturated carbocycles. The van der Waals surface area contributed by atoms with Crippen LogP contribution < -0.4 is 4.31 Å². The van der Waals surface area contributed by atoms with Crippen LogP contribution in [0.5, 0.6) is 0 Å². The molecule has 0 unspecified atom stereocenters. The minimum Gasteiger partial charge on any atom is -0.269 e. The molecule has 1 heterocycles. The minimum absolute atomic E-state index is 0.110. The van der Waals surface area contributed by atoms with Gasteiger partial charge in [0, 0.05) is 6.54 Å². The predicted molar refractivity (Wildman–Crippen MR) is 76.5 cm³/mol. The summed E-state index contributed by atoms with van der Waals surface area (Å²) in [6.45, 7) is 0.475. The highest BCUT2D eigenvalue weighted by Crippen LogP contribution is 2.31. The highest BCUT2D eigenvalue weighted by molar-refractivity contribution is 7.92. The third-order valence-electron chi connectivity index (χ3n) is 3.44. The summed E-state index contributed by atoms with van der Waals surface area (Å²) in [4.78, 5) is 0. The summed E-state index contributed by atoms with van der Waals surface area (Å²) in [5.41, 5.74) is 2.40. The monoisotopic (exact) mass is 291 g/mol. The number of halogens is 1. The van der Waals surface area contributed by atoms with Gasteiger partial charge >= 0.3 is 0 Å². The summed E-state index contributed by atoms with van der Waals surface area (Å²) < 4.78 is 39.3. The van der Waals surface area contributed by atoms with Crippen molar-refractivity contribution in [3.05, 3.63) is 65.5 Å². The number of hydrogen-bond acceptors (Lipinski definition) is 2. The molecule has 1 aliphatic heterocycles. The Morgan fingerprint density at radius 3 is 2.50 bits per heavy atom. The van der Waals surface area contributed by atoms with Crippen LogP contribution in [0.4, 0.5) is 10.1 Å². The SMILES string of the molecule is O=S(=O)(Cc1ccc(F)cc1)N1CCc2ccccc21. The van der Waals surface area contributed by atoms with Gasteiger partial charge in [0.05, 0.1) is 11.4 Å². The van der Waals surface area contributed by atoms with Gasteiger partial charge in [-0.1, -0.05) is 30.3 Å². The lowest BCUT2D eigenvalue weighted by Crippen LogP contribution is -2.30. The topological polar surface area (TPSA) is 37.4 Å². The minimum atomic E-state index is -3.43. The Morgan fingerprint density at radius 1 is 1.05 bits per heavy atom. The van der Waals surface area contributed by atoms with Crippen LogP contribution in [0.2, 0.25) is 0 Å². The number of fused-ring (bicyclic) bond motifs is 1. The largest absolute Gasteiger partial charge is 0.269 e. The van der Waals surface area contributed by atoms with Crippen LogP contribution in [0.15, 0.2) is 48.5 Å². The molecule has 0 fully saturated rings. The van der Waals surface area contributed by atoms with Gasteiger partial charge in [-0.2, -0.15) is 0 Å². The predicted octanol–water partition coefficient (Wildman–Crippen LogP) is 2.72. The fourth-order valence-corrected chi connectivity index (χ4v) is 4.08. The number of para-hydroxylation sites is 1. The lowest BCUT2D eigenvalue weighted by Gasteiger charge is -2.19. The average molecular weight is 291 g/mol. The number of sulfonamides is 1. The average Bonchev–Trinajstić information content (AvgIpc) is 2.86. The molecule has 2 aromatic carbocycles. The molecule has 3 rings (SSSR count). The fraction of sp³-hybridized carbons (Fsp3) is 0.200. The number of hydrogen-bond donors (Lipinski definition) is 0. The van der Waals surface area contributed by atoms with Gasteiger partial charge in [0.2, 0.25) is 10.0 Å². The van der Waals surface area contributed by atoms with Crippen LogP contribution >= 0.6 is 0 Å². The molecular formula is C15H14FNO2S. The van der Waals surface area contributed by atoms with E-state index in [2.05, 4.69) is 0 Å². The number of rotatable bonds is 3. The van der Waals surface area contributed by atoms with E-state index in [4.69, 9.17) is 0 Å². The molecule has 0 N–H and O–H groups in total. The lowest BCUT2D eigenvalue weighted by atomic mass is 10.2. The zero-order valence-electron chi connectivity index (χ0n) is 10.8. The van der Waals surface area contributed by atoms with Gasteiger partial charge in [0.25, 0.3) is 0 Å². The molecule has 0 spiro atoms. The van der Waals surface area contributed by atoms with Gasteiger partial charge in [-0.3, -0.25) is 4.31 Å². The van der Waals surface area contributed by atoms with E-state index in [0.717, 1.165) is 17.7 Å². The molecule has 0 bridgehead atoms. The first-order valence-electron chi connectivity index (χ1n) is 6.39. The second kappa shape index (κ2) is 4.90. The summed E-state index contributed by atoms with van der Waals surface area (Å²) in [5, 5.41) is 0. The van der Waals surface area contributed by atoms with E-state index in [1.54, 1.807) is 0 Å². The van der Waals surface area contributed by atoms with E-state index in [-0.39, 0.29) is 11.6 Å². The van der Waals surface area contributed by atoms with Crippen molar-refractivity contribution in [1.82, 2.24) is 0 Å². The van der Waals surface area contributed by atoms with Crippen LogP contribution in [-0.2, 0) is 22.2 Å². The van der Waals surface area contributed by atoms with E-state index < -0.39 is 10.0 Å². The number of benzene rings is 2. The Balaban J connectivity index is 1.88. The third-order valence-corrected chi connectivity index (χ3v) is 5.19. The van der Waals surface area contributed by atoms with Crippen LogP contribution in [-0.4, -0.2) is 15.0 Å². The molecule has 0 saturated heterocycles. The number of anilines is 1. The maximum absolute atomic E-state index is 12.9. The Hall–Kier alpha value is -1.88. The first-order valence-corrected chi connectivity index (χ1v) is 8.00. The van der Waals surface area contributed by atoms with Crippen molar-refractivity contribution in [1.29, 1.82) is 0 Å². The van der Waals surface area contributed by atoms with Crippen LogP contribution in [0.1, 0.15) is 11.1 Å².